The third-order valence-electron chi connectivity index (χ3n) is 2.63. The van der Waals surface area contributed by atoms with E-state index in [2.05, 4.69) is 4.74 Å². The van der Waals surface area contributed by atoms with Crippen molar-refractivity contribution in [3.8, 4) is 0 Å². The third-order valence-corrected chi connectivity index (χ3v) is 3.27. The minimum absolute atomic E-state index is 0.184. The Morgan fingerprint density at radius 1 is 1.50 bits per heavy atom. The predicted molar refractivity (Wildman–Crippen MR) is 54.1 cm³/mol. The van der Waals surface area contributed by atoms with Gasteiger partial charge in [-0.05, 0) is 12.0 Å². The van der Waals surface area contributed by atoms with E-state index < -0.39 is 4.87 Å². The summed E-state index contributed by atoms with van der Waals surface area (Å²) in [5.74, 6) is -0.402. The summed E-state index contributed by atoms with van der Waals surface area (Å²) in [6.07, 6.45) is 0.672. The minimum Gasteiger partial charge on any atom is -0.469 e. The van der Waals surface area contributed by atoms with E-state index in [1.54, 1.807) is 0 Å². The van der Waals surface area contributed by atoms with E-state index in [4.69, 9.17) is 11.6 Å². The highest BCUT2D eigenvalue weighted by molar-refractivity contribution is 6.28. The monoisotopic (exact) mass is 210 g/mol. The first-order valence-corrected chi connectivity index (χ1v) is 4.88. The summed E-state index contributed by atoms with van der Waals surface area (Å²) in [5, 5.41) is 0. The van der Waals surface area contributed by atoms with Crippen LogP contribution in [0.5, 0.6) is 0 Å². The number of benzene rings is 1. The van der Waals surface area contributed by atoms with Gasteiger partial charge in [0.25, 0.3) is 0 Å². The van der Waals surface area contributed by atoms with Crippen LogP contribution in [0.15, 0.2) is 30.3 Å². The Morgan fingerprint density at radius 3 is 2.71 bits per heavy atom. The van der Waals surface area contributed by atoms with Gasteiger partial charge in [-0.25, -0.2) is 0 Å². The van der Waals surface area contributed by atoms with Gasteiger partial charge < -0.3 is 4.74 Å². The predicted octanol–water partition coefficient (Wildman–Crippen LogP) is 2.31. The van der Waals surface area contributed by atoms with Crippen LogP contribution in [0.25, 0.3) is 0 Å². The van der Waals surface area contributed by atoms with Gasteiger partial charge in [-0.15, -0.1) is 11.6 Å². The number of carbonyl (C=O) groups excluding carboxylic acids is 1. The number of carbonyl (C=O) groups is 1. The fourth-order valence-electron chi connectivity index (χ4n) is 1.68. The molecule has 1 aromatic rings. The average molecular weight is 211 g/mol. The standard InChI is InChI=1S/C11H11ClO2/c1-14-10(13)9-7-11(9,12)8-5-3-2-4-6-8/h2-6,9H,7H2,1H3. The number of hydrogen-bond acceptors (Lipinski definition) is 2. The molecule has 1 saturated carbocycles. The lowest BCUT2D eigenvalue weighted by Crippen LogP contribution is -2.10. The Hall–Kier alpha value is -1.02. The Balaban J connectivity index is 2.19. The maximum absolute atomic E-state index is 11.3. The number of esters is 1. The Labute approximate surface area is 87.8 Å². The minimum atomic E-state index is -0.519. The van der Waals surface area contributed by atoms with Crippen molar-refractivity contribution in [2.45, 2.75) is 11.3 Å². The Bertz CT molecular complexity index is 350. The quantitative estimate of drug-likeness (QED) is 0.553. The smallest absolute Gasteiger partial charge is 0.310 e. The van der Waals surface area contributed by atoms with Gasteiger partial charge in [0.2, 0.25) is 0 Å². The number of ether oxygens (including phenoxy) is 1. The van der Waals surface area contributed by atoms with Gasteiger partial charge in [-0.3, -0.25) is 4.79 Å². The van der Waals surface area contributed by atoms with Gasteiger partial charge >= 0.3 is 5.97 Å². The molecule has 1 aromatic carbocycles. The summed E-state index contributed by atoms with van der Waals surface area (Å²) in [4.78, 5) is 10.7. The molecule has 0 heterocycles. The van der Waals surface area contributed by atoms with Crippen molar-refractivity contribution in [1.82, 2.24) is 0 Å². The van der Waals surface area contributed by atoms with Crippen LogP contribution < -0.4 is 0 Å². The summed E-state index contributed by atoms with van der Waals surface area (Å²) in [7, 11) is 1.39. The van der Waals surface area contributed by atoms with E-state index in [1.165, 1.54) is 7.11 Å². The fraction of sp³-hybridized carbons (Fsp3) is 0.364. The molecule has 1 fully saturated rings. The molecule has 0 amide bonds. The first-order valence-electron chi connectivity index (χ1n) is 4.51. The van der Waals surface area contributed by atoms with Crippen molar-refractivity contribution in [2.24, 2.45) is 5.92 Å². The molecule has 0 saturated heterocycles. The van der Waals surface area contributed by atoms with Gasteiger partial charge in [-0.1, -0.05) is 30.3 Å². The topological polar surface area (TPSA) is 26.3 Å². The van der Waals surface area contributed by atoms with Crippen molar-refractivity contribution in [3.05, 3.63) is 35.9 Å². The molecule has 1 aliphatic carbocycles. The zero-order valence-corrected chi connectivity index (χ0v) is 8.62. The van der Waals surface area contributed by atoms with Gasteiger partial charge in [0, 0.05) is 0 Å². The SMILES string of the molecule is COC(=O)C1CC1(Cl)c1ccccc1. The molecule has 1 aliphatic rings. The highest BCUT2D eigenvalue weighted by Crippen LogP contribution is 2.58. The van der Waals surface area contributed by atoms with Crippen molar-refractivity contribution in [3.63, 3.8) is 0 Å². The van der Waals surface area contributed by atoms with Gasteiger partial charge in [0.15, 0.2) is 0 Å². The number of hydrogen-bond donors (Lipinski definition) is 0. The Morgan fingerprint density at radius 2 is 2.14 bits per heavy atom. The van der Waals surface area contributed by atoms with Crippen LogP contribution in [0.3, 0.4) is 0 Å². The molecule has 74 valence electrons. The molecular weight excluding hydrogens is 200 g/mol. The van der Waals surface area contributed by atoms with Crippen molar-refractivity contribution >= 4 is 17.6 Å². The van der Waals surface area contributed by atoms with E-state index in [-0.39, 0.29) is 11.9 Å². The van der Waals surface area contributed by atoms with Crippen LogP contribution in [0, 0.1) is 5.92 Å². The molecule has 0 spiro atoms. The van der Waals surface area contributed by atoms with E-state index in [0.717, 1.165) is 5.56 Å². The molecule has 0 aromatic heterocycles. The van der Waals surface area contributed by atoms with Crippen LogP contribution in [-0.2, 0) is 14.4 Å². The number of rotatable bonds is 2. The van der Waals surface area contributed by atoms with Crippen LogP contribution in [0.1, 0.15) is 12.0 Å². The second kappa shape index (κ2) is 3.28. The van der Waals surface area contributed by atoms with Crippen molar-refractivity contribution in [1.29, 1.82) is 0 Å². The third kappa shape index (κ3) is 1.40. The van der Waals surface area contributed by atoms with Crippen LogP contribution >= 0.6 is 11.6 Å². The summed E-state index contributed by atoms with van der Waals surface area (Å²) in [5.41, 5.74) is 0.997. The lowest BCUT2D eigenvalue weighted by atomic mass is 10.1. The first kappa shape index (κ1) is 9.53. The first-order chi connectivity index (χ1) is 6.68. The molecule has 0 N–H and O–H groups in total. The van der Waals surface area contributed by atoms with Crippen molar-refractivity contribution < 1.29 is 9.53 Å². The molecule has 2 rings (SSSR count). The van der Waals surface area contributed by atoms with Crippen molar-refractivity contribution in [2.75, 3.05) is 7.11 Å². The Kier molecular flexibility index (Phi) is 2.23. The second-order valence-corrected chi connectivity index (χ2v) is 4.18. The average Bonchev–Trinajstić information content (AvgIpc) is 2.93. The molecule has 14 heavy (non-hydrogen) atoms. The summed E-state index contributed by atoms with van der Waals surface area (Å²) in [6.45, 7) is 0. The van der Waals surface area contributed by atoms with Crippen LogP contribution in [0.2, 0.25) is 0 Å². The lowest BCUT2D eigenvalue weighted by Gasteiger charge is -2.07. The molecule has 0 bridgehead atoms. The maximum atomic E-state index is 11.3. The zero-order chi connectivity index (χ0) is 10.2. The second-order valence-electron chi connectivity index (χ2n) is 3.51. The summed E-state index contributed by atoms with van der Waals surface area (Å²) < 4.78 is 4.67. The van der Waals surface area contributed by atoms with Gasteiger partial charge in [0.05, 0.1) is 17.9 Å². The number of halogens is 1. The molecule has 0 radical (unpaired) electrons. The zero-order valence-electron chi connectivity index (χ0n) is 7.87. The van der Waals surface area contributed by atoms with Crippen LogP contribution in [0.4, 0.5) is 0 Å². The number of alkyl halides is 1. The molecule has 2 nitrogen and oxygen atoms in total. The van der Waals surface area contributed by atoms with E-state index in [9.17, 15) is 4.79 Å². The lowest BCUT2D eigenvalue weighted by molar-refractivity contribution is -0.142. The van der Waals surface area contributed by atoms with E-state index in [1.807, 2.05) is 30.3 Å². The summed E-state index contributed by atoms with van der Waals surface area (Å²) in [6, 6.07) is 9.66. The normalized spacial score (nSPS) is 29.7. The molecule has 0 aliphatic heterocycles. The van der Waals surface area contributed by atoms with E-state index in [0.29, 0.717) is 6.42 Å². The fourth-order valence-corrected chi connectivity index (χ4v) is 2.05. The van der Waals surface area contributed by atoms with E-state index >= 15 is 0 Å². The molecule has 2 atom stereocenters. The summed E-state index contributed by atoms with van der Waals surface area (Å²) >= 11 is 6.31. The van der Waals surface area contributed by atoms with Gasteiger partial charge in [-0.2, -0.15) is 0 Å². The highest BCUT2D eigenvalue weighted by atomic mass is 35.5. The highest BCUT2D eigenvalue weighted by Gasteiger charge is 2.59. The molecular formula is C11H11ClO2. The molecule has 3 heteroatoms. The number of methoxy groups -OCH3 is 1. The van der Waals surface area contributed by atoms with Crippen LogP contribution in [-0.4, -0.2) is 13.1 Å². The maximum Gasteiger partial charge on any atom is 0.310 e. The van der Waals surface area contributed by atoms with Gasteiger partial charge in [0.1, 0.15) is 0 Å². The largest absolute Gasteiger partial charge is 0.469 e. The molecule has 2 unspecified atom stereocenters.